The van der Waals surface area contributed by atoms with Gasteiger partial charge in [0.1, 0.15) is 0 Å². The van der Waals surface area contributed by atoms with E-state index in [1.54, 1.807) is 0 Å². The van der Waals surface area contributed by atoms with Crippen LogP contribution in [0, 0.1) is 11.3 Å². The van der Waals surface area contributed by atoms with Crippen LogP contribution in [0.5, 0.6) is 0 Å². The molecular weight excluding hydrogens is 310 g/mol. The predicted octanol–water partition coefficient (Wildman–Crippen LogP) is 2.55. The normalized spacial score (nSPS) is 17.1. The smallest absolute Gasteiger partial charge is 0.151 e. The second-order valence-corrected chi connectivity index (χ2v) is 7.16. The van der Waals surface area contributed by atoms with Crippen molar-refractivity contribution >= 4 is 5.82 Å². The molecule has 5 nitrogen and oxygen atoms in total. The van der Waals surface area contributed by atoms with Gasteiger partial charge in [0, 0.05) is 25.7 Å². The fraction of sp³-hybridized carbons (Fsp3) is 0.450. The maximum atomic E-state index is 8.88. The number of nitrogens with zero attached hydrogens (tertiary/aromatic N) is 5. The Morgan fingerprint density at radius 1 is 1.16 bits per heavy atom. The molecule has 1 fully saturated rings. The van der Waals surface area contributed by atoms with Gasteiger partial charge in [-0.2, -0.15) is 10.4 Å². The number of nitriles is 1. The number of likely N-dealkylation sites (N-methyl/N-ethyl adjacent to an activating group) is 1. The molecular formula is C20H23N5. The average Bonchev–Trinajstić information content (AvgIpc) is 2.61. The third kappa shape index (κ3) is 3.35. The zero-order valence-corrected chi connectivity index (χ0v) is 14.6. The van der Waals surface area contributed by atoms with Crippen molar-refractivity contribution in [1.82, 2.24) is 15.1 Å². The van der Waals surface area contributed by atoms with Crippen molar-refractivity contribution in [1.29, 1.82) is 5.26 Å². The Kier molecular flexibility index (Phi) is 4.37. The fourth-order valence-corrected chi connectivity index (χ4v) is 3.66. The number of fused-ring (bicyclic) bond motifs is 1. The van der Waals surface area contributed by atoms with Gasteiger partial charge in [0.05, 0.1) is 17.3 Å². The summed E-state index contributed by atoms with van der Waals surface area (Å²) < 4.78 is 0. The topological polar surface area (TPSA) is 56.1 Å². The molecule has 0 saturated carbocycles. The highest BCUT2D eigenvalue weighted by molar-refractivity contribution is 5.45. The maximum absolute atomic E-state index is 8.88. The summed E-state index contributed by atoms with van der Waals surface area (Å²) in [5.41, 5.74) is 4.55. The van der Waals surface area contributed by atoms with E-state index in [2.05, 4.69) is 39.2 Å². The second-order valence-electron chi connectivity index (χ2n) is 7.16. The first-order valence-electron chi connectivity index (χ1n) is 9.02. The van der Waals surface area contributed by atoms with Crippen LogP contribution in [-0.2, 0) is 19.4 Å². The van der Waals surface area contributed by atoms with E-state index < -0.39 is 0 Å². The molecule has 4 rings (SSSR count). The summed E-state index contributed by atoms with van der Waals surface area (Å²) in [6, 6.07) is 12.8. The van der Waals surface area contributed by atoms with Crippen LogP contribution in [-0.4, -0.2) is 41.3 Å². The monoisotopic (exact) mass is 333 g/mol. The molecule has 1 aromatic heterocycles. The molecule has 1 aliphatic carbocycles. The molecule has 2 heterocycles. The summed E-state index contributed by atoms with van der Waals surface area (Å²) in [6.45, 7) is 2.90. The average molecular weight is 333 g/mol. The molecule has 2 aliphatic rings. The quantitative estimate of drug-likeness (QED) is 0.861. The molecule has 1 aliphatic heterocycles. The van der Waals surface area contributed by atoms with Gasteiger partial charge in [-0.3, -0.25) is 4.90 Å². The molecule has 0 N–H and O–H groups in total. The first kappa shape index (κ1) is 16.0. The maximum Gasteiger partial charge on any atom is 0.151 e. The van der Waals surface area contributed by atoms with E-state index in [0.717, 1.165) is 38.3 Å². The summed E-state index contributed by atoms with van der Waals surface area (Å²) >= 11 is 0. The first-order chi connectivity index (χ1) is 12.2. The van der Waals surface area contributed by atoms with Crippen LogP contribution >= 0.6 is 0 Å². The lowest BCUT2D eigenvalue weighted by Crippen LogP contribution is -2.58. The molecule has 0 spiro atoms. The van der Waals surface area contributed by atoms with Crippen molar-refractivity contribution < 1.29 is 0 Å². The number of anilines is 1. The van der Waals surface area contributed by atoms with E-state index in [0.29, 0.717) is 11.6 Å². The van der Waals surface area contributed by atoms with Gasteiger partial charge in [0.15, 0.2) is 5.82 Å². The summed E-state index contributed by atoms with van der Waals surface area (Å²) in [4.78, 5) is 4.70. The molecule has 1 saturated heterocycles. The van der Waals surface area contributed by atoms with Crippen LogP contribution in [0.15, 0.2) is 30.3 Å². The third-order valence-electron chi connectivity index (χ3n) is 5.38. The van der Waals surface area contributed by atoms with Gasteiger partial charge in [0.25, 0.3) is 0 Å². The van der Waals surface area contributed by atoms with Crippen molar-refractivity contribution in [3.8, 4) is 6.07 Å². The number of aromatic nitrogens is 2. The number of aryl methyl sites for hydroxylation is 2. The molecule has 25 heavy (non-hydrogen) atoms. The van der Waals surface area contributed by atoms with Crippen LogP contribution in [0.1, 0.15) is 35.2 Å². The Morgan fingerprint density at radius 2 is 1.92 bits per heavy atom. The minimum Gasteiger partial charge on any atom is -0.352 e. The van der Waals surface area contributed by atoms with Crippen molar-refractivity contribution in [3.63, 3.8) is 0 Å². The Bertz CT molecular complexity index is 787. The summed E-state index contributed by atoms with van der Waals surface area (Å²) in [5, 5.41) is 17.8. The van der Waals surface area contributed by atoms with Gasteiger partial charge in [-0.25, -0.2) is 0 Å². The van der Waals surface area contributed by atoms with E-state index in [1.807, 2.05) is 24.3 Å². The minimum atomic E-state index is 0.536. The van der Waals surface area contributed by atoms with Gasteiger partial charge in [-0.15, -0.1) is 5.10 Å². The largest absolute Gasteiger partial charge is 0.352 e. The van der Waals surface area contributed by atoms with Crippen LogP contribution in [0.4, 0.5) is 5.82 Å². The number of rotatable bonds is 4. The molecule has 0 bridgehead atoms. The lowest BCUT2D eigenvalue weighted by atomic mass is 9.96. The molecule has 0 unspecified atom stereocenters. The molecule has 1 aromatic carbocycles. The lowest BCUT2D eigenvalue weighted by Gasteiger charge is -2.44. The van der Waals surface area contributed by atoms with Gasteiger partial charge < -0.3 is 4.90 Å². The van der Waals surface area contributed by atoms with E-state index >= 15 is 0 Å². The Balaban J connectivity index is 1.34. The molecule has 2 aromatic rings. The van der Waals surface area contributed by atoms with Crippen molar-refractivity contribution in [2.45, 2.75) is 38.3 Å². The predicted molar refractivity (Wildman–Crippen MR) is 97.3 cm³/mol. The first-order valence-corrected chi connectivity index (χ1v) is 9.02. The number of hydrogen-bond acceptors (Lipinski definition) is 5. The molecule has 128 valence electrons. The van der Waals surface area contributed by atoms with Gasteiger partial charge in [-0.1, -0.05) is 12.1 Å². The highest BCUT2D eigenvalue weighted by atomic mass is 15.4. The van der Waals surface area contributed by atoms with Gasteiger partial charge in [0.2, 0.25) is 0 Å². The summed E-state index contributed by atoms with van der Waals surface area (Å²) in [6.07, 6.45) is 4.74. The second kappa shape index (κ2) is 6.81. The van der Waals surface area contributed by atoms with Gasteiger partial charge in [-0.05, 0) is 62.1 Å². The van der Waals surface area contributed by atoms with Gasteiger partial charge >= 0.3 is 0 Å². The standard InChI is InChI=1S/C20H23N5/c1-24(12-16-8-6-15(11-21)7-9-16)18-13-25(14-18)20-10-17-4-2-3-5-19(17)22-23-20/h6-10,18H,2-5,12-14H2,1H3. The van der Waals surface area contributed by atoms with Crippen molar-refractivity contribution in [2.75, 3.05) is 25.0 Å². The minimum absolute atomic E-state index is 0.536. The van der Waals surface area contributed by atoms with E-state index in [9.17, 15) is 0 Å². The number of hydrogen-bond donors (Lipinski definition) is 0. The van der Waals surface area contributed by atoms with Crippen LogP contribution < -0.4 is 4.90 Å². The molecule has 0 radical (unpaired) electrons. The van der Waals surface area contributed by atoms with E-state index in [4.69, 9.17) is 5.26 Å². The summed E-state index contributed by atoms with van der Waals surface area (Å²) in [5.74, 6) is 1.03. The van der Waals surface area contributed by atoms with Crippen LogP contribution in [0.25, 0.3) is 0 Å². The van der Waals surface area contributed by atoms with Crippen LogP contribution in [0.3, 0.4) is 0 Å². The fourth-order valence-electron chi connectivity index (χ4n) is 3.66. The van der Waals surface area contributed by atoms with Crippen molar-refractivity contribution in [2.24, 2.45) is 0 Å². The Hall–Kier alpha value is -2.45. The van der Waals surface area contributed by atoms with E-state index in [1.165, 1.54) is 29.7 Å². The summed E-state index contributed by atoms with van der Waals surface area (Å²) in [7, 11) is 2.17. The Labute approximate surface area is 148 Å². The Morgan fingerprint density at radius 3 is 2.68 bits per heavy atom. The number of benzene rings is 1. The highest BCUT2D eigenvalue weighted by Gasteiger charge is 2.31. The lowest BCUT2D eigenvalue weighted by molar-refractivity contribution is 0.196. The van der Waals surface area contributed by atoms with Crippen LogP contribution in [0.2, 0.25) is 0 Å². The third-order valence-corrected chi connectivity index (χ3v) is 5.38. The molecule has 5 heteroatoms. The SMILES string of the molecule is CN(Cc1ccc(C#N)cc1)C1CN(c2cc3c(nn2)CCCC3)C1. The highest BCUT2D eigenvalue weighted by Crippen LogP contribution is 2.26. The van der Waals surface area contributed by atoms with Crippen molar-refractivity contribution in [3.05, 3.63) is 52.7 Å². The van der Waals surface area contributed by atoms with E-state index in [-0.39, 0.29) is 0 Å². The zero-order valence-electron chi connectivity index (χ0n) is 14.6. The molecule has 0 atom stereocenters. The zero-order chi connectivity index (χ0) is 17.2. The molecule has 0 amide bonds.